The maximum Gasteiger partial charge on any atom is 0.248 e. The van der Waals surface area contributed by atoms with E-state index < -0.39 is 0 Å². The van der Waals surface area contributed by atoms with Crippen molar-refractivity contribution in [2.24, 2.45) is 10.9 Å². The summed E-state index contributed by atoms with van der Waals surface area (Å²) in [5.41, 5.74) is 2.55. The Hall–Kier alpha value is -1.97. The maximum absolute atomic E-state index is 11.6. The molecule has 0 radical (unpaired) electrons. The summed E-state index contributed by atoms with van der Waals surface area (Å²) in [6.07, 6.45) is 9.61. The van der Waals surface area contributed by atoms with Gasteiger partial charge in [-0.3, -0.25) is 9.59 Å². The monoisotopic (exact) mass is 258 g/mol. The lowest BCUT2D eigenvalue weighted by Crippen LogP contribution is -2.33. The molecule has 1 aliphatic heterocycles. The van der Waals surface area contributed by atoms with Gasteiger partial charge in [-0.05, 0) is 18.6 Å². The molecule has 0 fully saturated rings. The minimum atomic E-state index is -0.151. The van der Waals surface area contributed by atoms with Crippen LogP contribution in [-0.2, 0) is 9.59 Å². The number of amides is 2. The van der Waals surface area contributed by atoms with Crippen LogP contribution in [0.1, 0.15) is 33.1 Å². The van der Waals surface area contributed by atoms with Gasteiger partial charge >= 0.3 is 0 Å². The topological polar surface area (TPSA) is 58.5 Å². The first kappa shape index (κ1) is 13.5. The number of hydrogen-bond donors (Lipinski definition) is 1. The van der Waals surface area contributed by atoms with Gasteiger partial charge in [0.2, 0.25) is 11.8 Å². The van der Waals surface area contributed by atoms with Crippen molar-refractivity contribution in [1.82, 2.24) is 5.32 Å². The van der Waals surface area contributed by atoms with E-state index in [0.717, 1.165) is 24.1 Å². The Bertz CT molecular complexity index is 524. The van der Waals surface area contributed by atoms with Crippen LogP contribution in [0.15, 0.2) is 40.6 Å². The van der Waals surface area contributed by atoms with Gasteiger partial charge in [0.1, 0.15) is 0 Å². The summed E-state index contributed by atoms with van der Waals surface area (Å²) in [7, 11) is 0. The Labute approximate surface area is 113 Å². The fourth-order valence-corrected chi connectivity index (χ4v) is 2.28. The Morgan fingerprint density at radius 1 is 1.37 bits per heavy atom. The van der Waals surface area contributed by atoms with E-state index in [0.29, 0.717) is 12.1 Å². The molecule has 4 heteroatoms. The van der Waals surface area contributed by atoms with Crippen LogP contribution in [-0.4, -0.2) is 17.5 Å². The fraction of sp³-hybridized carbons (Fsp3) is 0.400. The number of nitrogens with zero attached hydrogens (tertiary/aromatic N) is 1. The highest BCUT2D eigenvalue weighted by Crippen LogP contribution is 2.29. The van der Waals surface area contributed by atoms with Crippen LogP contribution in [0.4, 0.5) is 0 Å². The molecule has 1 aliphatic carbocycles. The van der Waals surface area contributed by atoms with Crippen molar-refractivity contribution in [1.29, 1.82) is 0 Å². The Kier molecular flexibility index (Phi) is 4.10. The molecule has 0 saturated heterocycles. The van der Waals surface area contributed by atoms with Gasteiger partial charge in [-0.15, -0.1) is 0 Å². The van der Waals surface area contributed by atoms with Gasteiger partial charge in [-0.25, -0.2) is 4.99 Å². The molecule has 2 rings (SSSR count). The van der Waals surface area contributed by atoms with E-state index in [1.165, 1.54) is 0 Å². The van der Waals surface area contributed by atoms with E-state index in [1.54, 1.807) is 19.1 Å². The number of nitrogens with one attached hydrogen (secondary N) is 1. The Balaban J connectivity index is 2.27. The predicted octanol–water partition coefficient (Wildman–Crippen LogP) is 2.29. The SMILES string of the molecule is CCCC1=CC(=O)NC2=CC(=NC(=O)CC)C=CC12. The molecule has 2 amide bonds. The highest BCUT2D eigenvalue weighted by Gasteiger charge is 2.25. The third-order valence-corrected chi connectivity index (χ3v) is 3.18. The fourth-order valence-electron chi connectivity index (χ4n) is 2.28. The second-order valence-corrected chi connectivity index (χ2v) is 4.68. The lowest BCUT2D eigenvalue weighted by Gasteiger charge is -2.27. The minimum Gasteiger partial charge on any atom is -0.325 e. The van der Waals surface area contributed by atoms with Gasteiger partial charge in [0.15, 0.2) is 0 Å². The first-order chi connectivity index (χ1) is 9.13. The first-order valence-electron chi connectivity index (χ1n) is 6.66. The lowest BCUT2D eigenvalue weighted by atomic mass is 9.85. The summed E-state index contributed by atoms with van der Waals surface area (Å²) in [5, 5.41) is 2.83. The molecule has 0 aromatic heterocycles. The maximum atomic E-state index is 11.6. The minimum absolute atomic E-state index is 0.0950. The zero-order valence-corrected chi connectivity index (χ0v) is 11.3. The van der Waals surface area contributed by atoms with Gasteiger partial charge in [-0.1, -0.05) is 31.9 Å². The zero-order valence-electron chi connectivity index (χ0n) is 11.3. The molecule has 0 spiro atoms. The van der Waals surface area contributed by atoms with Crippen LogP contribution in [0.5, 0.6) is 0 Å². The molecule has 0 saturated carbocycles. The molecule has 2 aliphatic rings. The molecule has 19 heavy (non-hydrogen) atoms. The summed E-state index contributed by atoms with van der Waals surface area (Å²) in [6.45, 7) is 3.87. The van der Waals surface area contributed by atoms with E-state index >= 15 is 0 Å². The van der Waals surface area contributed by atoms with Gasteiger partial charge in [0.25, 0.3) is 0 Å². The second-order valence-electron chi connectivity index (χ2n) is 4.68. The lowest BCUT2D eigenvalue weighted by molar-refractivity contribution is -0.117. The summed E-state index contributed by atoms with van der Waals surface area (Å²) in [4.78, 5) is 26.9. The largest absolute Gasteiger partial charge is 0.325 e. The summed E-state index contributed by atoms with van der Waals surface area (Å²) >= 11 is 0. The number of aliphatic imine (C=N–C) groups is 1. The molecule has 4 nitrogen and oxygen atoms in total. The Morgan fingerprint density at radius 2 is 2.16 bits per heavy atom. The second kappa shape index (κ2) is 5.78. The number of fused-ring (bicyclic) bond motifs is 1. The van der Waals surface area contributed by atoms with E-state index in [2.05, 4.69) is 17.2 Å². The average Bonchev–Trinajstić information content (AvgIpc) is 2.38. The quantitative estimate of drug-likeness (QED) is 0.844. The number of allylic oxidation sites excluding steroid dienone is 3. The third kappa shape index (κ3) is 3.08. The standard InChI is InChI=1S/C15H18N2O2/c1-3-5-10-8-15(19)17-13-9-11(6-7-12(10)13)16-14(18)4-2/h6-9,12H,3-5H2,1-2H3,(H,17,19). The van der Waals surface area contributed by atoms with Gasteiger partial charge in [0.05, 0.1) is 5.71 Å². The molecule has 1 unspecified atom stereocenters. The van der Waals surface area contributed by atoms with Crippen LogP contribution in [0.2, 0.25) is 0 Å². The first-order valence-corrected chi connectivity index (χ1v) is 6.66. The number of carbonyl (C=O) groups is 2. The number of rotatable bonds is 3. The van der Waals surface area contributed by atoms with E-state index in [-0.39, 0.29) is 17.7 Å². The van der Waals surface area contributed by atoms with Crippen LogP contribution in [0.3, 0.4) is 0 Å². The van der Waals surface area contributed by atoms with Crippen molar-refractivity contribution in [2.75, 3.05) is 0 Å². The van der Waals surface area contributed by atoms with Crippen molar-refractivity contribution in [2.45, 2.75) is 33.1 Å². The Morgan fingerprint density at radius 3 is 2.84 bits per heavy atom. The molecular weight excluding hydrogens is 240 g/mol. The highest BCUT2D eigenvalue weighted by molar-refractivity contribution is 6.11. The normalized spacial score (nSPS) is 23.6. The van der Waals surface area contributed by atoms with Crippen molar-refractivity contribution in [3.05, 3.63) is 35.6 Å². The number of carbonyl (C=O) groups excluding carboxylic acids is 2. The van der Waals surface area contributed by atoms with Crippen LogP contribution < -0.4 is 5.32 Å². The number of hydrogen-bond acceptors (Lipinski definition) is 2. The molecular formula is C15H18N2O2. The van der Waals surface area contributed by atoms with Crippen LogP contribution in [0, 0.1) is 5.92 Å². The predicted molar refractivity (Wildman–Crippen MR) is 74.6 cm³/mol. The third-order valence-electron chi connectivity index (χ3n) is 3.18. The highest BCUT2D eigenvalue weighted by atomic mass is 16.2. The molecule has 1 N–H and O–H groups in total. The van der Waals surface area contributed by atoms with Crippen LogP contribution >= 0.6 is 0 Å². The van der Waals surface area contributed by atoms with E-state index in [4.69, 9.17) is 0 Å². The smallest absolute Gasteiger partial charge is 0.248 e. The van der Waals surface area contributed by atoms with Gasteiger partial charge < -0.3 is 5.32 Å². The zero-order chi connectivity index (χ0) is 13.8. The average molecular weight is 258 g/mol. The molecule has 100 valence electrons. The van der Waals surface area contributed by atoms with Crippen LogP contribution in [0.25, 0.3) is 0 Å². The molecule has 0 aromatic rings. The van der Waals surface area contributed by atoms with Crippen molar-refractivity contribution >= 4 is 17.5 Å². The molecule has 1 atom stereocenters. The van der Waals surface area contributed by atoms with Gasteiger partial charge in [0, 0.05) is 24.1 Å². The van der Waals surface area contributed by atoms with E-state index in [1.807, 2.05) is 12.2 Å². The molecule has 0 aromatic carbocycles. The summed E-state index contributed by atoms with van der Waals surface area (Å²) in [5.74, 6) is -0.128. The summed E-state index contributed by atoms with van der Waals surface area (Å²) < 4.78 is 0. The van der Waals surface area contributed by atoms with E-state index in [9.17, 15) is 9.59 Å². The molecule has 0 bridgehead atoms. The van der Waals surface area contributed by atoms with Gasteiger partial charge in [-0.2, -0.15) is 0 Å². The van der Waals surface area contributed by atoms with Crippen molar-refractivity contribution < 1.29 is 9.59 Å². The van der Waals surface area contributed by atoms with Crippen molar-refractivity contribution in [3.8, 4) is 0 Å². The van der Waals surface area contributed by atoms with Crippen molar-refractivity contribution in [3.63, 3.8) is 0 Å². The molecule has 1 heterocycles. The summed E-state index contributed by atoms with van der Waals surface area (Å²) in [6, 6.07) is 0.